The molecule has 168 valence electrons. The van der Waals surface area contributed by atoms with Gasteiger partial charge in [0.2, 0.25) is 0 Å². The van der Waals surface area contributed by atoms with Crippen molar-refractivity contribution < 1.29 is 4.39 Å². The van der Waals surface area contributed by atoms with Gasteiger partial charge in [0.15, 0.2) is 5.82 Å². The smallest absolute Gasteiger partial charge is 0.153 e. The van der Waals surface area contributed by atoms with Crippen molar-refractivity contribution in [2.24, 2.45) is 5.73 Å². The lowest BCUT2D eigenvalue weighted by Crippen LogP contribution is -2.36. The van der Waals surface area contributed by atoms with E-state index in [4.69, 9.17) is 15.7 Å². The third-order valence-electron chi connectivity index (χ3n) is 6.16. The molecule has 0 spiro atoms. The number of hydrogen-bond donors (Lipinski definition) is 2. The zero-order valence-corrected chi connectivity index (χ0v) is 19.3. The van der Waals surface area contributed by atoms with Gasteiger partial charge in [-0.3, -0.25) is 0 Å². The van der Waals surface area contributed by atoms with Gasteiger partial charge in [0, 0.05) is 17.7 Å². The van der Waals surface area contributed by atoms with Gasteiger partial charge in [-0.1, -0.05) is 42.5 Å². The Hall–Kier alpha value is -3.00. The summed E-state index contributed by atoms with van der Waals surface area (Å²) in [6.45, 7) is 3.88. The van der Waals surface area contributed by atoms with Gasteiger partial charge in [-0.2, -0.15) is 0 Å². The second-order valence-electron chi connectivity index (χ2n) is 8.60. The van der Waals surface area contributed by atoms with Gasteiger partial charge in [0.1, 0.15) is 5.82 Å². The summed E-state index contributed by atoms with van der Waals surface area (Å²) < 4.78 is 14.1. The van der Waals surface area contributed by atoms with Crippen molar-refractivity contribution in [3.63, 3.8) is 0 Å². The highest BCUT2D eigenvalue weighted by molar-refractivity contribution is 7.15. The van der Waals surface area contributed by atoms with Crippen LogP contribution in [0.4, 0.5) is 4.39 Å². The number of benzene rings is 2. The molecule has 33 heavy (non-hydrogen) atoms. The number of piperidine rings is 1. The zero-order valence-electron chi connectivity index (χ0n) is 18.5. The maximum absolute atomic E-state index is 14.1. The zero-order chi connectivity index (χ0) is 22.8. The maximum atomic E-state index is 14.1. The molecule has 5 nitrogen and oxygen atoms in total. The van der Waals surface area contributed by atoms with E-state index >= 15 is 0 Å². The van der Waals surface area contributed by atoms with Crippen LogP contribution in [0.15, 0.2) is 66.9 Å². The van der Waals surface area contributed by atoms with E-state index < -0.39 is 5.54 Å². The van der Waals surface area contributed by atoms with Gasteiger partial charge in [0.05, 0.1) is 26.8 Å². The first-order chi connectivity index (χ1) is 16.0. The van der Waals surface area contributed by atoms with Gasteiger partial charge < -0.3 is 11.1 Å². The molecule has 3 N–H and O–H groups in total. The van der Waals surface area contributed by atoms with E-state index in [-0.39, 0.29) is 5.82 Å². The molecule has 0 radical (unpaired) electrons. The van der Waals surface area contributed by atoms with E-state index in [1.54, 1.807) is 23.6 Å². The molecule has 1 saturated heterocycles. The average Bonchev–Trinajstić information content (AvgIpc) is 3.31. The Morgan fingerprint density at radius 1 is 1.03 bits per heavy atom. The first-order valence-electron chi connectivity index (χ1n) is 11.2. The fraction of sp³-hybridized carbons (Fsp3) is 0.269. The molecule has 7 heteroatoms. The van der Waals surface area contributed by atoms with Crippen LogP contribution in [-0.4, -0.2) is 28.0 Å². The van der Waals surface area contributed by atoms with Gasteiger partial charge in [-0.15, -0.1) is 11.3 Å². The highest BCUT2D eigenvalue weighted by atomic mass is 32.1. The van der Waals surface area contributed by atoms with Crippen LogP contribution < -0.4 is 11.1 Å². The fourth-order valence-electron chi connectivity index (χ4n) is 4.23. The molecule has 0 unspecified atom stereocenters. The third-order valence-corrected chi connectivity index (χ3v) is 7.40. The molecule has 1 fully saturated rings. The van der Waals surface area contributed by atoms with Crippen molar-refractivity contribution in [1.29, 1.82) is 0 Å². The summed E-state index contributed by atoms with van der Waals surface area (Å²) in [6.07, 6.45) is 3.82. The second-order valence-corrected chi connectivity index (χ2v) is 9.63. The highest BCUT2D eigenvalue weighted by Gasteiger charge is 2.29. The number of nitrogens with zero attached hydrogens (tertiary/aromatic N) is 3. The Morgan fingerprint density at radius 3 is 2.58 bits per heavy atom. The van der Waals surface area contributed by atoms with Crippen LogP contribution in [0.3, 0.4) is 0 Å². The molecule has 1 aliphatic heterocycles. The first-order valence-corrected chi connectivity index (χ1v) is 12.0. The number of nitrogens with one attached hydrogen (secondary N) is 1. The third kappa shape index (κ3) is 4.44. The lowest BCUT2D eigenvalue weighted by Gasteiger charge is -2.23. The second kappa shape index (κ2) is 9.09. The Balaban J connectivity index is 1.61. The Kier molecular flexibility index (Phi) is 6.01. The van der Waals surface area contributed by atoms with Crippen molar-refractivity contribution in [1.82, 2.24) is 20.3 Å². The Bertz CT molecular complexity index is 1250. The molecule has 0 saturated carbocycles. The van der Waals surface area contributed by atoms with E-state index in [1.807, 2.05) is 49.4 Å². The minimum atomic E-state index is -0.848. The number of aromatic nitrogens is 3. The number of nitrogens with two attached hydrogens (primary N) is 1. The molecule has 0 bridgehead atoms. The van der Waals surface area contributed by atoms with Crippen LogP contribution in [0, 0.1) is 5.82 Å². The molecular weight excluding hydrogens is 433 g/mol. The van der Waals surface area contributed by atoms with Crippen LogP contribution in [0.25, 0.3) is 21.8 Å². The number of hydrogen-bond acceptors (Lipinski definition) is 6. The minimum absolute atomic E-state index is 0.281. The van der Waals surface area contributed by atoms with E-state index in [0.717, 1.165) is 58.3 Å². The van der Waals surface area contributed by atoms with Crippen molar-refractivity contribution >= 4 is 11.3 Å². The molecule has 3 heterocycles. The molecule has 4 aromatic rings. The SMILES string of the molecule is C[C@](N)(c1ccccc1)c1nccc(-c2sc(C3CCNCC3)nc2-c2cccc(F)c2)n1. The standard InChI is InChI=1S/C26H26FN5S/c1-26(28,19-7-3-2-4-8-19)25-30-15-12-21(31-25)23-22(18-6-5-9-20(27)16-18)32-24(33-23)17-10-13-29-14-11-17/h2-9,12,15-17,29H,10-11,13-14,28H2,1H3/t26-/m0/s1. The lowest BCUT2D eigenvalue weighted by atomic mass is 9.92. The molecule has 2 aromatic carbocycles. The van der Waals surface area contributed by atoms with Crippen LogP contribution in [0.2, 0.25) is 0 Å². The quantitative estimate of drug-likeness (QED) is 0.434. The van der Waals surface area contributed by atoms with Crippen LogP contribution in [-0.2, 0) is 5.54 Å². The first kappa shape index (κ1) is 21.8. The van der Waals surface area contributed by atoms with Gasteiger partial charge in [-0.25, -0.2) is 19.3 Å². The molecule has 5 rings (SSSR count). The number of halogens is 1. The molecular formula is C26H26FN5S. The summed E-state index contributed by atoms with van der Waals surface area (Å²) in [7, 11) is 0. The molecule has 0 amide bonds. The number of thiazole rings is 1. The molecule has 2 aromatic heterocycles. The summed E-state index contributed by atoms with van der Waals surface area (Å²) in [6, 6.07) is 18.3. The topological polar surface area (TPSA) is 76.7 Å². The van der Waals surface area contributed by atoms with Crippen molar-refractivity contribution in [2.45, 2.75) is 31.2 Å². The fourth-order valence-corrected chi connectivity index (χ4v) is 5.46. The summed E-state index contributed by atoms with van der Waals surface area (Å²) >= 11 is 1.64. The summed E-state index contributed by atoms with van der Waals surface area (Å²) in [4.78, 5) is 15.3. The molecule has 1 aliphatic rings. The Morgan fingerprint density at radius 2 is 1.82 bits per heavy atom. The van der Waals surface area contributed by atoms with E-state index in [0.29, 0.717) is 11.7 Å². The van der Waals surface area contributed by atoms with Gasteiger partial charge >= 0.3 is 0 Å². The highest BCUT2D eigenvalue weighted by Crippen LogP contribution is 2.41. The van der Waals surface area contributed by atoms with E-state index in [2.05, 4.69) is 10.3 Å². The Labute approximate surface area is 197 Å². The minimum Gasteiger partial charge on any atom is -0.317 e. The van der Waals surface area contributed by atoms with Crippen molar-refractivity contribution in [3.8, 4) is 21.8 Å². The summed E-state index contributed by atoms with van der Waals surface area (Å²) in [5, 5.41) is 4.48. The largest absolute Gasteiger partial charge is 0.317 e. The lowest BCUT2D eigenvalue weighted by molar-refractivity contribution is 0.459. The monoisotopic (exact) mass is 459 g/mol. The summed E-state index contributed by atoms with van der Waals surface area (Å²) in [5.41, 5.74) is 9.06. The van der Waals surface area contributed by atoms with Crippen LogP contribution >= 0.6 is 11.3 Å². The maximum Gasteiger partial charge on any atom is 0.153 e. The average molecular weight is 460 g/mol. The van der Waals surface area contributed by atoms with Crippen molar-refractivity contribution in [3.05, 3.63) is 89.1 Å². The van der Waals surface area contributed by atoms with E-state index in [1.165, 1.54) is 12.1 Å². The van der Waals surface area contributed by atoms with Gasteiger partial charge in [0.25, 0.3) is 0 Å². The molecule has 0 aliphatic carbocycles. The van der Waals surface area contributed by atoms with Crippen LogP contribution in [0.1, 0.15) is 42.1 Å². The van der Waals surface area contributed by atoms with Crippen molar-refractivity contribution in [2.75, 3.05) is 13.1 Å². The van der Waals surface area contributed by atoms with Gasteiger partial charge in [-0.05, 0) is 56.6 Å². The predicted octanol–water partition coefficient (Wildman–Crippen LogP) is 5.10. The predicted molar refractivity (Wildman–Crippen MR) is 130 cm³/mol. The van der Waals surface area contributed by atoms with E-state index in [9.17, 15) is 4.39 Å². The number of rotatable bonds is 5. The normalized spacial score (nSPS) is 16.5. The molecule has 1 atom stereocenters. The van der Waals surface area contributed by atoms with Crippen LogP contribution in [0.5, 0.6) is 0 Å². The summed E-state index contributed by atoms with van der Waals surface area (Å²) in [5.74, 6) is 0.646.